The minimum absolute atomic E-state index is 0.0875. The van der Waals surface area contributed by atoms with Gasteiger partial charge in [0.2, 0.25) is 0 Å². The maximum absolute atomic E-state index is 12.0. The molecule has 0 atom stereocenters. The van der Waals surface area contributed by atoms with E-state index in [0.29, 0.717) is 23.4 Å². The Morgan fingerprint density at radius 2 is 2.00 bits per heavy atom. The predicted octanol–water partition coefficient (Wildman–Crippen LogP) is 1.20. The molecule has 0 unspecified atom stereocenters. The predicted molar refractivity (Wildman–Crippen MR) is 78.4 cm³/mol. The summed E-state index contributed by atoms with van der Waals surface area (Å²) in [6, 6.07) is 0. The highest BCUT2D eigenvalue weighted by atomic mass is 16.2. The molecule has 0 radical (unpaired) electrons. The van der Waals surface area contributed by atoms with Crippen molar-refractivity contribution >= 4 is 17.7 Å². The highest BCUT2D eigenvalue weighted by Crippen LogP contribution is 2.14. The summed E-state index contributed by atoms with van der Waals surface area (Å²) in [7, 11) is 1.67. The Morgan fingerprint density at radius 1 is 1.30 bits per heavy atom. The van der Waals surface area contributed by atoms with Gasteiger partial charge in [0.15, 0.2) is 0 Å². The number of amides is 1. The third-order valence-electron chi connectivity index (χ3n) is 3.23. The van der Waals surface area contributed by atoms with Gasteiger partial charge in [0.05, 0.1) is 16.8 Å². The molecule has 0 bridgehead atoms. The Labute approximate surface area is 117 Å². The number of aromatic nitrogens is 2. The van der Waals surface area contributed by atoms with Gasteiger partial charge < -0.3 is 0 Å². The van der Waals surface area contributed by atoms with E-state index in [0.717, 1.165) is 5.69 Å². The van der Waals surface area contributed by atoms with Gasteiger partial charge in [0.1, 0.15) is 0 Å². The van der Waals surface area contributed by atoms with Crippen LogP contribution in [0.4, 0.5) is 0 Å². The van der Waals surface area contributed by atoms with E-state index < -0.39 is 0 Å². The van der Waals surface area contributed by atoms with Gasteiger partial charge in [-0.2, -0.15) is 5.10 Å². The monoisotopic (exact) mass is 274 g/mol. The number of carbonyl (C=O) groups is 1. The molecule has 0 saturated carbocycles. The van der Waals surface area contributed by atoms with Gasteiger partial charge in [0.25, 0.3) is 11.5 Å². The quantitative estimate of drug-likeness (QED) is 0.841. The summed E-state index contributed by atoms with van der Waals surface area (Å²) >= 11 is 0. The SMILES string of the molecule is CCN1N=C(C)/C(=C\C=C\c2c(C)[nH]n(C)c2=O)C1=O. The average Bonchev–Trinajstić information content (AvgIpc) is 2.81. The maximum Gasteiger partial charge on any atom is 0.275 e. The number of rotatable bonds is 3. The number of nitrogens with one attached hydrogen (secondary N) is 1. The first-order valence-electron chi connectivity index (χ1n) is 6.47. The summed E-state index contributed by atoms with van der Waals surface area (Å²) in [5.41, 5.74) is 2.56. The number of aryl methyl sites for hydroxylation is 2. The van der Waals surface area contributed by atoms with E-state index in [1.807, 2.05) is 13.8 Å². The third-order valence-corrected chi connectivity index (χ3v) is 3.23. The van der Waals surface area contributed by atoms with Crippen LogP contribution in [0.25, 0.3) is 6.08 Å². The Hall–Kier alpha value is -2.37. The van der Waals surface area contributed by atoms with Gasteiger partial charge in [-0.05, 0) is 32.9 Å². The van der Waals surface area contributed by atoms with Gasteiger partial charge in [-0.3, -0.25) is 19.4 Å². The Kier molecular flexibility index (Phi) is 3.74. The second kappa shape index (κ2) is 5.32. The zero-order chi connectivity index (χ0) is 14.9. The van der Waals surface area contributed by atoms with Crippen LogP contribution in [0, 0.1) is 6.92 Å². The van der Waals surface area contributed by atoms with Crippen molar-refractivity contribution in [2.45, 2.75) is 20.8 Å². The lowest BCUT2D eigenvalue weighted by Gasteiger charge is -2.06. The smallest absolute Gasteiger partial charge is 0.275 e. The van der Waals surface area contributed by atoms with Gasteiger partial charge in [-0.25, -0.2) is 5.01 Å². The summed E-state index contributed by atoms with van der Waals surface area (Å²) < 4.78 is 1.42. The van der Waals surface area contributed by atoms with Crippen molar-refractivity contribution in [3.05, 3.63) is 39.3 Å². The molecule has 1 N–H and O–H groups in total. The number of nitrogens with zero attached hydrogens (tertiary/aromatic N) is 3. The van der Waals surface area contributed by atoms with E-state index in [-0.39, 0.29) is 11.5 Å². The van der Waals surface area contributed by atoms with Crippen molar-refractivity contribution < 1.29 is 4.79 Å². The van der Waals surface area contributed by atoms with Crippen LogP contribution in [0.5, 0.6) is 0 Å². The molecular formula is C14H18N4O2. The number of likely N-dealkylation sites (N-methyl/N-ethyl adjacent to an activating group) is 1. The average molecular weight is 274 g/mol. The molecule has 106 valence electrons. The zero-order valence-corrected chi connectivity index (χ0v) is 12.1. The van der Waals surface area contributed by atoms with Gasteiger partial charge in [-0.1, -0.05) is 6.08 Å². The molecule has 0 saturated heterocycles. The van der Waals surface area contributed by atoms with Crippen molar-refractivity contribution in [3.8, 4) is 0 Å². The molecule has 0 spiro atoms. The summed E-state index contributed by atoms with van der Waals surface area (Å²) in [6.07, 6.45) is 5.11. The molecule has 1 aliphatic rings. The fourth-order valence-corrected chi connectivity index (χ4v) is 2.12. The van der Waals surface area contributed by atoms with Crippen LogP contribution >= 0.6 is 0 Å². The molecule has 1 aliphatic heterocycles. The minimum Gasteiger partial charge on any atom is -0.300 e. The Balaban J connectivity index is 2.26. The number of allylic oxidation sites excluding steroid dienone is 2. The van der Waals surface area contributed by atoms with Gasteiger partial charge in [0, 0.05) is 19.3 Å². The van der Waals surface area contributed by atoms with E-state index >= 15 is 0 Å². The van der Waals surface area contributed by atoms with Crippen molar-refractivity contribution in [1.29, 1.82) is 0 Å². The minimum atomic E-state index is -0.103. The molecule has 0 aliphatic carbocycles. The van der Waals surface area contributed by atoms with Crippen LogP contribution in [-0.2, 0) is 11.8 Å². The lowest BCUT2D eigenvalue weighted by molar-refractivity contribution is -0.125. The van der Waals surface area contributed by atoms with E-state index in [4.69, 9.17) is 0 Å². The van der Waals surface area contributed by atoms with Crippen LogP contribution in [0.2, 0.25) is 0 Å². The molecule has 1 aromatic rings. The number of hydrogen-bond acceptors (Lipinski definition) is 3. The normalized spacial score (nSPS) is 17.6. The maximum atomic E-state index is 12.0. The highest BCUT2D eigenvalue weighted by Gasteiger charge is 2.25. The van der Waals surface area contributed by atoms with Gasteiger partial charge in [-0.15, -0.1) is 0 Å². The van der Waals surface area contributed by atoms with Crippen LogP contribution < -0.4 is 5.56 Å². The summed E-state index contributed by atoms with van der Waals surface area (Å²) in [5.74, 6) is -0.103. The van der Waals surface area contributed by atoms with E-state index in [9.17, 15) is 9.59 Å². The summed E-state index contributed by atoms with van der Waals surface area (Å²) in [6.45, 7) is 6.06. The van der Waals surface area contributed by atoms with Crippen LogP contribution in [0.15, 0.2) is 27.6 Å². The van der Waals surface area contributed by atoms with Crippen molar-refractivity contribution in [3.63, 3.8) is 0 Å². The van der Waals surface area contributed by atoms with E-state index in [1.54, 1.807) is 32.2 Å². The molecule has 0 aromatic carbocycles. The number of H-pyrrole nitrogens is 1. The molecule has 1 aromatic heterocycles. The Morgan fingerprint density at radius 3 is 2.50 bits per heavy atom. The zero-order valence-electron chi connectivity index (χ0n) is 12.1. The first-order valence-corrected chi connectivity index (χ1v) is 6.47. The molecule has 1 amide bonds. The highest BCUT2D eigenvalue weighted by molar-refractivity contribution is 6.24. The standard InChI is InChI=1S/C14H18N4O2/c1-5-18-14(20)12(10(3)16-18)8-6-7-11-9(2)15-17(4)13(11)19/h6-8,15H,5H2,1-4H3/b7-6+,12-8+. The molecule has 2 rings (SSSR count). The molecule has 6 heteroatoms. The Bertz CT molecular complexity index is 689. The molecule has 20 heavy (non-hydrogen) atoms. The third kappa shape index (κ3) is 2.36. The van der Waals surface area contributed by atoms with Crippen LogP contribution in [0.3, 0.4) is 0 Å². The topological polar surface area (TPSA) is 70.5 Å². The number of hydrazone groups is 1. The molecule has 0 fully saturated rings. The van der Waals surface area contributed by atoms with Crippen molar-refractivity contribution in [2.24, 2.45) is 12.1 Å². The largest absolute Gasteiger partial charge is 0.300 e. The lowest BCUT2D eigenvalue weighted by Crippen LogP contribution is -2.21. The second-order valence-corrected chi connectivity index (χ2v) is 4.66. The van der Waals surface area contributed by atoms with Crippen molar-refractivity contribution in [2.75, 3.05) is 6.54 Å². The van der Waals surface area contributed by atoms with E-state index in [2.05, 4.69) is 10.2 Å². The number of aromatic amines is 1. The van der Waals surface area contributed by atoms with Crippen LogP contribution in [-0.4, -0.2) is 33.0 Å². The fraction of sp³-hybridized carbons (Fsp3) is 0.357. The van der Waals surface area contributed by atoms with E-state index in [1.165, 1.54) is 9.69 Å². The first kappa shape index (κ1) is 14.0. The molecule has 6 nitrogen and oxygen atoms in total. The number of carbonyl (C=O) groups excluding carboxylic acids is 1. The summed E-state index contributed by atoms with van der Waals surface area (Å²) in [4.78, 5) is 23.8. The summed E-state index contributed by atoms with van der Waals surface area (Å²) in [5, 5.41) is 8.51. The lowest BCUT2D eigenvalue weighted by atomic mass is 10.1. The second-order valence-electron chi connectivity index (χ2n) is 4.66. The fourth-order valence-electron chi connectivity index (χ4n) is 2.12. The number of hydrogen-bond donors (Lipinski definition) is 1. The molecule has 2 heterocycles. The van der Waals surface area contributed by atoms with Gasteiger partial charge >= 0.3 is 0 Å². The molecular weight excluding hydrogens is 256 g/mol. The first-order chi connectivity index (χ1) is 9.45. The van der Waals surface area contributed by atoms with Crippen molar-refractivity contribution in [1.82, 2.24) is 14.8 Å². The van der Waals surface area contributed by atoms with Crippen LogP contribution in [0.1, 0.15) is 25.1 Å².